The summed E-state index contributed by atoms with van der Waals surface area (Å²) in [4.78, 5) is 4.70. The molecule has 1 rings (SSSR count). The van der Waals surface area contributed by atoms with Gasteiger partial charge >= 0.3 is 0 Å². The minimum atomic E-state index is -0.247. The molecule has 0 saturated carbocycles. The van der Waals surface area contributed by atoms with Crippen LogP contribution in [0, 0.1) is 0 Å². The molecule has 0 bridgehead atoms. The first-order valence-electron chi connectivity index (χ1n) is 6.22. The van der Waals surface area contributed by atoms with Crippen molar-refractivity contribution in [3.63, 3.8) is 0 Å². The molecule has 0 aromatic carbocycles. The largest absolute Gasteiger partial charge is 0.299 e. The van der Waals surface area contributed by atoms with Gasteiger partial charge in [-0.25, -0.2) is 4.39 Å². The fourth-order valence-electron chi connectivity index (χ4n) is 3.00. The topological polar surface area (TPSA) is 6.48 Å². The van der Waals surface area contributed by atoms with Gasteiger partial charge in [-0.2, -0.15) is 0 Å². The molecule has 2 nitrogen and oxygen atoms in total. The molecule has 0 aromatic heterocycles. The summed E-state index contributed by atoms with van der Waals surface area (Å²) >= 11 is 0. The molecular formula is C13H27FN2. The predicted octanol–water partition coefficient (Wildman–Crippen LogP) is 2.54. The first kappa shape index (κ1) is 13.9. The highest BCUT2D eigenvalue weighted by atomic mass is 19.1. The second-order valence-electron chi connectivity index (χ2n) is 6.62. The van der Waals surface area contributed by atoms with E-state index in [9.17, 15) is 4.39 Å². The minimum Gasteiger partial charge on any atom is -0.299 e. The molecule has 0 aliphatic carbocycles. The Hall–Kier alpha value is -0.150. The molecule has 0 radical (unpaired) electrons. The van der Waals surface area contributed by atoms with Crippen molar-refractivity contribution in [2.24, 2.45) is 0 Å². The van der Waals surface area contributed by atoms with E-state index in [1.165, 1.54) is 0 Å². The maximum atomic E-state index is 12.4. The lowest BCUT2D eigenvalue weighted by molar-refractivity contribution is 0.0658. The van der Waals surface area contributed by atoms with Gasteiger partial charge in [0.2, 0.25) is 0 Å². The number of halogens is 1. The molecule has 1 saturated heterocycles. The molecule has 1 atom stereocenters. The lowest BCUT2D eigenvalue weighted by Crippen LogP contribution is -2.50. The summed E-state index contributed by atoms with van der Waals surface area (Å²) in [6.07, 6.45) is 1.13. The summed E-state index contributed by atoms with van der Waals surface area (Å²) in [6.45, 7) is 12.7. The fraction of sp³-hybridized carbons (Fsp3) is 1.00. The smallest absolute Gasteiger partial charge is 0.102 e. The molecule has 1 unspecified atom stereocenters. The van der Waals surface area contributed by atoms with Crippen LogP contribution in [-0.2, 0) is 0 Å². The zero-order valence-electron chi connectivity index (χ0n) is 11.7. The van der Waals surface area contributed by atoms with Crippen molar-refractivity contribution in [3.8, 4) is 0 Å². The van der Waals surface area contributed by atoms with Gasteiger partial charge in [0.25, 0.3) is 0 Å². The van der Waals surface area contributed by atoms with E-state index in [1.807, 2.05) is 7.05 Å². The maximum absolute atomic E-state index is 12.4. The van der Waals surface area contributed by atoms with Crippen molar-refractivity contribution in [2.45, 2.75) is 58.2 Å². The summed E-state index contributed by atoms with van der Waals surface area (Å²) in [6, 6.07) is 0.491. The first-order chi connectivity index (χ1) is 7.18. The lowest BCUT2D eigenvalue weighted by Gasteiger charge is -2.42. The zero-order valence-corrected chi connectivity index (χ0v) is 11.7. The van der Waals surface area contributed by atoms with E-state index in [2.05, 4.69) is 44.4 Å². The summed E-state index contributed by atoms with van der Waals surface area (Å²) in [5, 5.41) is 0. The molecule has 1 fully saturated rings. The third-order valence-corrected chi connectivity index (χ3v) is 3.73. The van der Waals surface area contributed by atoms with Crippen LogP contribution < -0.4 is 0 Å². The molecule has 0 spiro atoms. The number of alkyl halides is 1. The van der Waals surface area contributed by atoms with Crippen molar-refractivity contribution in [1.82, 2.24) is 9.80 Å². The van der Waals surface area contributed by atoms with E-state index in [-0.39, 0.29) is 17.8 Å². The highest BCUT2D eigenvalue weighted by Gasteiger charge is 2.44. The summed E-state index contributed by atoms with van der Waals surface area (Å²) in [5.41, 5.74) is 0.405. The van der Waals surface area contributed by atoms with Crippen LogP contribution in [0.5, 0.6) is 0 Å². The van der Waals surface area contributed by atoms with Crippen molar-refractivity contribution < 1.29 is 4.39 Å². The molecule has 96 valence electrons. The van der Waals surface area contributed by atoms with E-state index in [0.717, 1.165) is 13.0 Å². The van der Waals surface area contributed by atoms with E-state index in [4.69, 9.17) is 0 Å². The van der Waals surface area contributed by atoms with Crippen molar-refractivity contribution in [3.05, 3.63) is 0 Å². The molecule has 3 heteroatoms. The van der Waals surface area contributed by atoms with Crippen LogP contribution in [0.1, 0.15) is 41.0 Å². The van der Waals surface area contributed by atoms with E-state index in [0.29, 0.717) is 12.6 Å². The summed E-state index contributed by atoms with van der Waals surface area (Å²) < 4.78 is 12.4. The van der Waals surface area contributed by atoms with Crippen LogP contribution >= 0.6 is 0 Å². The van der Waals surface area contributed by atoms with E-state index >= 15 is 0 Å². The predicted molar refractivity (Wildman–Crippen MR) is 67.5 cm³/mol. The van der Waals surface area contributed by atoms with Crippen molar-refractivity contribution in [1.29, 1.82) is 0 Å². The second kappa shape index (κ2) is 4.61. The van der Waals surface area contributed by atoms with E-state index < -0.39 is 0 Å². The summed E-state index contributed by atoms with van der Waals surface area (Å²) in [5.74, 6) is 0. The van der Waals surface area contributed by atoms with Gasteiger partial charge in [-0.15, -0.1) is 0 Å². The van der Waals surface area contributed by atoms with Gasteiger partial charge in [-0.3, -0.25) is 9.80 Å². The van der Waals surface area contributed by atoms with Crippen LogP contribution in [0.15, 0.2) is 0 Å². The van der Waals surface area contributed by atoms with Crippen LogP contribution in [-0.4, -0.2) is 53.7 Å². The average Bonchev–Trinajstić information content (AvgIpc) is 2.41. The van der Waals surface area contributed by atoms with Crippen LogP contribution in [0.4, 0.5) is 4.39 Å². The average molecular weight is 230 g/mol. The van der Waals surface area contributed by atoms with Crippen LogP contribution in [0.25, 0.3) is 0 Å². The minimum absolute atomic E-state index is 0.189. The second-order valence-corrected chi connectivity index (χ2v) is 6.62. The SMILES string of the molecule is CN(CCF)C1CN(C(C)(C)C)C(C)(C)C1. The van der Waals surface area contributed by atoms with Gasteiger partial charge in [0.1, 0.15) is 6.67 Å². The van der Waals surface area contributed by atoms with Gasteiger partial charge in [0.15, 0.2) is 0 Å². The first-order valence-corrected chi connectivity index (χ1v) is 6.22. The van der Waals surface area contributed by atoms with Gasteiger partial charge in [-0.05, 0) is 48.1 Å². The van der Waals surface area contributed by atoms with Gasteiger partial charge < -0.3 is 0 Å². The zero-order chi connectivity index (χ0) is 12.6. The third kappa shape index (κ3) is 2.95. The number of nitrogens with zero attached hydrogens (tertiary/aromatic N) is 2. The van der Waals surface area contributed by atoms with Crippen molar-refractivity contribution >= 4 is 0 Å². The van der Waals surface area contributed by atoms with Gasteiger partial charge in [0.05, 0.1) is 0 Å². The lowest BCUT2D eigenvalue weighted by atomic mass is 9.95. The molecule has 0 N–H and O–H groups in total. The monoisotopic (exact) mass is 230 g/mol. The molecule has 1 aliphatic rings. The van der Waals surface area contributed by atoms with Crippen LogP contribution in [0.2, 0.25) is 0 Å². The Morgan fingerprint density at radius 3 is 2.31 bits per heavy atom. The molecule has 1 heterocycles. The van der Waals surface area contributed by atoms with Crippen molar-refractivity contribution in [2.75, 3.05) is 26.8 Å². The molecule has 0 amide bonds. The van der Waals surface area contributed by atoms with E-state index in [1.54, 1.807) is 0 Å². The normalized spacial score (nSPS) is 26.6. The third-order valence-electron chi connectivity index (χ3n) is 3.73. The maximum Gasteiger partial charge on any atom is 0.102 e. The standard InChI is InChI=1S/C13H27FN2/c1-12(2,3)16-10-11(9-13(16,4)5)15(6)8-7-14/h11H,7-10H2,1-6H3. The summed E-state index contributed by atoms with van der Waals surface area (Å²) in [7, 11) is 2.03. The van der Waals surface area contributed by atoms with Crippen LogP contribution in [0.3, 0.4) is 0 Å². The van der Waals surface area contributed by atoms with Gasteiger partial charge in [-0.1, -0.05) is 0 Å². The Morgan fingerprint density at radius 2 is 1.94 bits per heavy atom. The number of likely N-dealkylation sites (N-methyl/N-ethyl adjacent to an activating group) is 1. The van der Waals surface area contributed by atoms with Gasteiger partial charge in [0, 0.05) is 30.2 Å². The Balaban J connectivity index is 2.72. The number of rotatable bonds is 3. The number of hydrogen-bond donors (Lipinski definition) is 0. The Kier molecular flexibility index (Phi) is 4.01. The quantitative estimate of drug-likeness (QED) is 0.735. The number of hydrogen-bond acceptors (Lipinski definition) is 2. The molecular weight excluding hydrogens is 203 g/mol. The highest BCUT2D eigenvalue weighted by molar-refractivity contribution is 5.01. The Bertz CT molecular complexity index is 233. The molecule has 0 aromatic rings. The Labute approximate surface area is 99.8 Å². The highest BCUT2D eigenvalue weighted by Crippen LogP contribution is 2.36. The fourth-order valence-corrected chi connectivity index (χ4v) is 3.00. The Morgan fingerprint density at radius 1 is 1.38 bits per heavy atom. The molecule has 1 aliphatic heterocycles. The molecule has 16 heavy (non-hydrogen) atoms. The number of likely N-dealkylation sites (tertiary alicyclic amines) is 1.